The lowest BCUT2D eigenvalue weighted by Crippen LogP contribution is -2.46. The molecule has 356 valence electrons. The van der Waals surface area contributed by atoms with Gasteiger partial charge in [0.15, 0.2) is 23.7 Å². The number of aliphatic hydroxyl groups is 2. The van der Waals surface area contributed by atoms with Gasteiger partial charge in [0.05, 0.1) is 25.3 Å². The molecule has 17 N–H and O–H groups in total. The van der Waals surface area contributed by atoms with Crippen LogP contribution < -0.4 is 38.9 Å². The van der Waals surface area contributed by atoms with Crippen LogP contribution in [0.25, 0.3) is 11.2 Å². The minimum atomic E-state index is -5.60. The average Bonchev–Trinajstić information content (AvgIpc) is 3.73. The Balaban J connectivity index is 1.41. The number of anilines is 1. The zero-order valence-electron chi connectivity index (χ0n) is 33.6. The Morgan fingerprint density at radius 3 is 2.35 bits per heavy atom. The van der Waals surface area contributed by atoms with Crippen LogP contribution in [0.5, 0.6) is 0 Å². The number of rotatable bonds is 27. The number of hydrogen-bond acceptors (Lipinski definition) is 20. The molecule has 8 atom stereocenters. The number of nitrogens with two attached hydrogens (primary N) is 4. The van der Waals surface area contributed by atoms with Crippen molar-refractivity contribution in [3.63, 3.8) is 0 Å². The minimum Gasteiger partial charge on any atom is -0.386 e. The van der Waals surface area contributed by atoms with Crippen molar-refractivity contribution in [2.75, 3.05) is 50.1 Å². The number of nitrogens with one attached hydrogen (secondary N) is 3. The van der Waals surface area contributed by atoms with E-state index < -0.39 is 102 Å². The number of phosphoric acid groups is 3. The minimum absolute atomic E-state index is 0.0175. The largest absolute Gasteiger partial charge is 0.481 e. The molecule has 0 saturated carbocycles. The van der Waals surface area contributed by atoms with Crippen LogP contribution >= 0.6 is 35.2 Å². The van der Waals surface area contributed by atoms with Gasteiger partial charge in [-0.05, 0) is 12.8 Å². The monoisotopic (exact) mass is 980 g/mol. The predicted octanol–water partition coefficient (Wildman–Crippen LogP) is -3.84. The van der Waals surface area contributed by atoms with E-state index in [-0.39, 0.29) is 61.2 Å². The highest BCUT2D eigenvalue weighted by molar-refractivity contribution is 7.99. The summed E-state index contributed by atoms with van der Waals surface area (Å²) in [5, 5.41) is 28.9. The molecule has 1 aliphatic heterocycles. The number of ether oxygens (including phenoxy) is 1. The van der Waals surface area contributed by atoms with Gasteiger partial charge < -0.3 is 73.4 Å². The number of aliphatic imine (C=N–C) groups is 1. The van der Waals surface area contributed by atoms with Crippen molar-refractivity contribution in [3.05, 3.63) is 12.7 Å². The number of aliphatic hydroxyl groups excluding tert-OH is 2. The lowest BCUT2D eigenvalue weighted by molar-refractivity contribution is -0.137. The molecule has 30 nitrogen and oxygen atoms in total. The Bertz CT molecular complexity index is 2090. The summed E-state index contributed by atoms with van der Waals surface area (Å²) in [5.41, 5.74) is 20.0. The first-order valence-corrected chi connectivity index (χ1v) is 24.0. The second-order valence-electron chi connectivity index (χ2n) is 14.1. The van der Waals surface area contributed by atoms with E-state index in [2.05, 4.69) is 44.7 Å². The molecule has 0 aromatic carbocycles. The smallest absolute Gasteiger partial charge is 0.386 e. The molecule has 2 aromatic heterocycles. The Kier molecular flexibility index (Phi) is 19.8. The van der Waals surface area contributed by atoms with Crippen LogP contribution in [-0.4, -0.2) is 154 Å². The molecule has 4 amide bonds. The molecular formula is C29H51N12O18P3S. The molecule has 0 radical (unpaired) electrons. The molecule has 63 heavy (non-hydrogen) atoms. The standard InChI is InChI=1S/C29H51N12O18P3S/c1-29(2,22(45)26(47)35-7-5-17(42)34-8-9-63-11-18(43)40-15(24(31)46)4-3-6-36-28(32)33)12-56-62(53,54)59-61(51,52)55-10-16-21(58-60(48,49)50)20(44)27(57-16)41-14-39-19-23(30)37-13-38-25(19)41/h13-16,20-22,27,44-45H,3-12H2,1-2H3,(H2,31,46)(H,34,42)(H,35,47)(H,40,43)(H,51,52)(H,53,54)(H2,30,37,38)(H4,32,33,36)(H2,48,49,50)/t15-,16+,20+,21+,22-,27+/m0/s1. The van der Waals surface area contributed by atoms with Crippen molar-refractivity contribution in [2.45, 2.75) is 69.8 Å². The van der Waals surface area contributed by atoms with Crippen LogP contribution in [0.4, 0.5) is 5.82 Å². The summed E-state index contributed by atoms with van der Waals surface area (Å²) in [7, 11) is -16.5. The lowest BCUT2D eigenvalue weighted by atomic mass is 9.87. The fraction of sp³-hybridized carbons (Fsp3) is 0.655. The maximum Gasteiger partial charge on any atom is 0.481 e. The van der Waals surface area contributed by atoms with Gasteiger partial charge in [-0.15, -0.1) is 0 Å². The van der Waals surface area contributed by atoms with E-state index >= 15 is 0 Å². The number of aromatic nitrogens is 4. The number of thioether (sulfide) groups is 1. The zero-order valence-corrected chi connectivity index (χ0v) is 37.1. The van der Waals surface area contributed by atoms with Crippen molar-refractivity contribution in [2.24, 2.45) is 27.6 Å². The Labute approximate surface area is 362 Å². The third-order valence-electron chi connectivity index (χ3n) is 8.50. The van der Waals surface area contributed by atoms with Gasteiger partial charge in [-0.3, -0.25) is 42.3 Å². The first kappa shape index (κ1) is 53.4. The molecule has 0 spiro atoms. The fourth-order valence-corrected chi connectivity index (χ4v) is 8.88. The van der Waals surface area contributed by atoms with Gasteiger partial charge >= 0.3 is 23.5 Å². The first-order valence-electron chi connectivity index (χ1n) is 18.3. The number of nitrogens with zero attached hydrogens (tertiary/aromatic N) is 5. The maximum absolute atomic E-state index is 12.7. The van der Waals surface area contributed by atoms with Crippen LogP contribution in [0.2, 0.25) is 0 Å². The maximum atomic E-state index is 12.7. The van der Waals surface area contributed by atoms with E-state index in [1.165, 1.54) is 13.8 Å². The number of carbonyl (C=O) groups is 4. The predicted molar refractivity (Wildman–Crippen MR) is 218 cm³/mol. The van der Waals surface area contributed by atoms with Crippen LogP contribution in [0.15, 0.2) is 17.6 Å². The summed E-state index contributed by atoms with van der Waals surface area (Å²) in [6.07, 6.45) is -6.48. The quantitative estimate of drug-likeness (QED) is 0.0176. The molecular weight excluding hydrogens is 929 g/mol. The molecule has 0 aliphatic carbocycles. The molecule has 1 aliphatic rings. The van der Waals surface area contributed by atoms with Crippen LogP contribution in [0, 0.1) is 5.41 Å². The van der Waals surface area contributed by atoms with E-state index in [4.69, 9.17) is 36.7 Å². The van der Waals surface area contributed by atoms with Crippen molar-refractivity contribution in [3.8, 4) is 0 Å². The summed E-state index contributed by atoms with van der Waals surface area (Å²) in [6.45, 7) is 0.530. The molecule has 2 unspecified atom stereocenters. The summed E-state index contributed by atoms with van der Waals surface area (Å²) in [4.78, 5) is 103. The van der Waals surface area contributed by atoms with Gasteiger partial charge in [0.2, 0.25) is 23.6 Å². The molecule has 2 aromatic rings. The number of fused-ring (bicyclic) bond motifs is 1. The van der Waals surface area contributed by atoms with Crippen molar-refractivity contribution in [1.82, 2.24) is 35.5 Å². The van der Waals surface area contributed by atoms with E-state index in [1.54, 1.807) is 0 Å². The Morgan fingerprint density at radius 2 is 1.70 bits per heavy atom. The summed E-state index contributed by atoms with van der Waals surface area (Å²) in [6, 6.07) is -0.915. The molecule has 1 fully saturated rings. The van der Waals surface area contributed by atoms with E-state index in [1.807, 2.05) is 0 Å². The number of hydrogen-bond donors (Lipinski definition) is 13. The number of primary amides is 1. The van der Waals surface area contributed by atoms with Crippen LogP contribution in [0.3, 0.4) is 0 Å². The van der Waals surface area contributed by atoms with Gasteiger partial charge in [0.25, 0.3) is 0 Å². The summed E-state index contributed by atoms with van der Waals surface area (Å²) >= 11 is 1.16. The van der Waals surface area contributed by atoms with Crippen molar-refractivity contribution in [1.29, 1.82) is 0 Å². The van der Waals surface area contributed by atoms with E-state index in [9.17, 15) is 62.7 Å². The third kappa shape index (κ3) is 17.5. The third-order valence-corrected chi connectivity index (χ3v) is 12.6. The summed E-state index contributed by atoms with van der Waals surface area (Å²) < 4.78 is 62.2. The van der Waals surface area contributed by atoms with Crippen molar-refractivity contribution < 1.29 is 85.3 Å². The highest BCUT2D eigenvalue weighted by atomic mass is 32.2. The normalized spacial score (nSPS) is 20.8. The molecule has 0 bridgehead atoms. The van der Waals surface area contributed by atoms with Crippen LogP contribution in [-0.2, 0) is 55.5 Å². The second kappa shape index (κ2) is 23.3. The Hall–Kier alpha value is -3.90. The number of phosphoric ester groups is 3. The second-order valence-corrected chi connectivity index (χ2v) is 19.4. The topological polar surface area (TPSA) is 483 Å². The average molecular weight is 981 g/mol. The molecule has 1 saturated heterocycles. The molecule has 3 rings (SSSR count). The lowest BCUT2D eigenvalue weighted by Gasteiger charge is -2.30. The summed E-state index contributed by atoms with van der Waals surface area (Å²) in [5.74, 6) is -2.57. The number of amides is 4. The van der Waals surface area contributed by atoms with Gasteiger partial charge in [0.1, 0.15) is 42.3 Å². The van der Waals surface area contributed by atoms with Crippen molar-refractivity contribution >= 4 is 81.8 Å². The fourth-order valence-electron chi connectivity index (χ4n) is 5.39. The number of nitrogen functional groups attached to an aromatic ring is 1. The van der Waals surface area contributed by atoms with Gasteiger partial charge in [-0.1, -0.05) is 13.8 Å². The number of carbonyl (C=O) groups excluding carboxylic acids is 4. The Morgan fingerprint density at radius 1 is 1.02 bits per heavy atom. The zero-order chi connectivity index (χ0) is 47.3. The van der Waals surface area contributed by atoms with Gasteiger partial charge in [0, 0.05) is 37.2 Å². The van der Waals surface area contributed by atoms with E-state index in [0.717, 1.165) is 29.0 Å². The SMILES string of the molecule is CC(C)(COP(=O)(O)OP(=O)(O)OC[C@H]1O[C@@H](n2cnc3c(N)ncnc32)[C@H](O)[C@@H]1OP(=O)(O)O)[C@@H](O)C(=O)NCCC(=O)NCCSCC(=O)N[C@@H](CCCN=C(N)N)C(N)=O. The van der Waals surface area contributed by atoms with Gasteiger partial charge in [-0.2, -0.15) is 16.1 Å². The highest BCUT2D eigenvalue weighted by Crippen LogP contribution is 2.61. The highest BCUT2D eigenvalue weighted by Gasteiger charge is 2.50. The van der Waals surface area contributed by atoms with Crippen LogP contribution in [0.1, 0.15) is 39.3 Å². The first-order chi connectivity index (χ1) is 29.2. The molecule has 34 heteroatoms. The van der Waals surface area contributed by atoms with E-state index in [0.29, 0.717) is 12.2 Å². The number of guanidine groups is 1. The number of imidazole rings is 1. The molecule has 3 heterocycles. The van der Waals surface area contributed by atoms with Gasteiger partial charge in [-0.25, -0.2) is 28.6 Å².